The van der Waals surface area contributed by atoms with Crippen LogP contribution in [0.15, 0.2) is 48.5 Å². The molecule has 0 heterocycles. The summed E-state index contributed by atoms with van der Waals surface area (Å²) in [5.41, 5.74) is 15.1. The van der Waals surface area contributed by atoms with Crippen LogP contribution in [0.25, 0.3) is 0 Å². The minimum Gasteiger partial charge on any atom is -0.399 e. The van der Waals surface area contributed by atoms with Crippen LogP contribution < -0.4 is 21.3 Å². The minimum absolute atomic E-state index is 0.154. The van der Waals surface area contributed by atoms with Crippen molar-refractivity contribution in [2.24, 2.45) is 0 Å². The number of amides is 2. The first-order valence-electron chi connectivity index (χ1n) is 13.9. The first-order chi connectivity index (χ1) is 17.5. The van der Waals surface area contributed by atoms with E-state index in [1.165, 1.54) is 38.5 Å². The zero-order chi connectivity index (χ0) is 25.3. The number of rotatable bonds is 9. The standard InChI is InChI=1S/C30H42N4O2/c31-23-15-19-27(20-16-23)33(25-9-3-1-4-10-25)29(35)13-7-8-14-30(36)34(26-11-5-2-6-12-26)28-21-17-24(32)18-22-28/h15-22,25-26H,1-14,31-32H2. The average Bonchev–Trinajstić information content (AvgIpc) is 2.90. The molecule has 36 heavy (non-hydrogen) atoms. The molecule has 6 nitrogen and oxygen atoms in total. The molecule has 2 amide bonds. The highest BCUT2D eigenvalue weighted by atomic mass is 16.2. The van der Waals surface area contributed by atoms with Crippen molar-refractivity contribution in [3.63, 3.8) is 0 Å². The lowest BCUT2D eigenvalue weighted by molar-refractivity contribution is -0.121. The van der Waals surface area contributed by atoms with Gasteiger partial charge in [-0.3, -0.25) is 9.59 Å². The number of benzene rings is 2. The Balaban J connectivity index is 1.36. The zero-order valence-electron chi connectivity index (χ0n) is 21.5. The Bertz CT molecular complexity index is 896. The largest absolute Gasteiger partial charge is 0.399 e. The molecule has 2 aromatic rings. The first-order valence-corrected chi connectivity index (χ1v) is 13.9. The lowest BCUT2D eigenvalue weighted by Gasteiger charge is -2.35. The molecule has 4 N–H and O–H groups in total. The van der Waals surface area contributed by atoms with Crippen LogP contribution in [0, 0.1) is 0 Å². The van der Waals surface area contributed by atoms with Gasteiger partial charge in [-0.05, 0) is 87.1 Å². The Hall–Kier alpha value is -3.02. The van der Waals surface area contributed by atoms with Crippen molar-refractivity contribution in [3.05, 3.63) is 48.5 Å². The molecule has 2 aliphatic carbocycles. The Kier molecular flexibility index (Phi) is 9.26. The van der Waals surface area contributed by atoms with E-state index in [0.717, 1.165) is 37.1 Å². The number of nitrogen functional groups attached to an aromatic ring is 2. The minimum atomic E-state index is 0.154. The monoisotopic (exact) mass is 490 g/mol. The number of carbonyl (C=O) groups excluding carboxylic acids is 2. The fourth-order valence-electron chi connectivity index (χ4n) is 5.86. The molecule has 0 aliphatic heterocycles. The molecule has 2 fully saturated rings. The smallest absolute Gasteiger partial charge is 0.227 e. The summed E-state index contributed by atoms with van der Waals surface area (Å²) in [5, 5.41) is 0. The normalized spacial score (nSPS) is 17.0. The maximum Gasteiger partial charge on any atom is 0.227 e. The lowest BCUT2D eigenvalue weighted by Crippen LogP contribution is -2.42. The SMILES string of the molecule is Nc1ccc(N(C(=O)CCCCC(=O)N(c2ccc(N)cc2)C2CCCCC2)C2CCCCC2)cc1. The van der Waals surface area contributed by atoms with Crippen molar-refractivity contribution in [2.75, 3.05) is 21.3 Å². The topological polar surface area (TPSA) is 92.7 Å². The number of nitrogens with two attached hydrogens (primary N) is 2. The molecule has 0 saturated heterocycles. The number of anilines is 4. The van der Waals surface area contributed by atoms with E-state index in [2.05, 4.69) is 0 Å². The van der Waals surface area contributed by atoms with Crippen LogP contribution in [-0.2, 0) is 9.59 Å². The second-order valence-electron chi connectivity index (χ2n) is 10.5. The van der Waals surface area contributed by atoms with Gasteiger partial charge in [-0.15, -0.1) is 0 Å². The van der Waals surface area contributed by atoms with Crippen molar-refractivity contribution < 1.29 is 9.59 Å². The van der Waals surface area contributed by atoms with Crippen LogP contribution in [0.2, 0.25) is 0 Å². The quantitative estimate of drug-likeness (QED) is 0.312. The van der Waals surface area contributed by atoms with Crippen molar-refractivity contribution in [1.29, 1.82) is 0 Å². The van der Waals surface area contributed by atoms with Gasteiger partial charge in [0.1, 0.15) is 0 Å². The van der Waals surface area contributed by atoms with Gasteiger partial charge in [-0.1, -0.05) is 38.5 Å². The summed E-state index contributed by atoms with van der Waals surface area (Å²) < 4.78 is 0. The third-order valence-corrected chi connectivity index (χ3v) is 7.79. The fraction of sp³-hybridized carbons (Fsp3) is 0.533. The summed E-state index contributed by atoms with van der Waals surface area (Å²) in [7, 11) is 0. The van der Waals surface area contributed by atoms with Gasteiger partial charge < -0.3 is 21.3 Å². The van der Waals surface area contributed by atoms with E-state index < -0.39 is 0 Å². The van der Waals surface area contributed by atoms with Gasteiger partial charge in [0, 0.05) is 47.7 Å². The van der Waals surface area contributed by atoms with Gasteiger partial charge in [-0.25, -0.2) is 0 Å². The molecule has 6 heteroatoms. The van der Waals surface area contributed by atoms with Gasteiger partial charge in [0.25, 0.3) is 0 Å². The van der Waals surface area contributed by atoms with Crippen LogP contribution in [0.3, 0.4) is 0 Å². The van der Waals surface area contributed by atoms with Gasteiger partial charge in [0.2, 0.25) is 11.8 Å². The predicted molar refractivity (Wildman–Crippen MR) is 149 cm³/mol. The summed E-state index contributed by atoms with van der Waals surface area (Å²) in [5.74, 6) is 0.309. The molecule has 194 valence electrons. The molecule has 2 aromatic carbocycles. The van der Waals surface area contributed by atoms with Gasteiger partial charge in [-0.2, -0.15) is 0 Å². The molecule has 0 atom stereocenters. The van der Waals surface area contributed by atoms with Crippen LogP contribution >= 0.6 is 0 Å². The van der Waals surface area contributed by atoms with E-state index in [9.17, 15) is 9.59 Å². The van der Waals surface area contributed by atoms with E-state index in [1.54, 1.807) is 0 Å². The number of hydrogen-bond donors (Lipinski definition) is 2. The summed E-state index contributed by atoms with van der Waals surface area (Å²) in [4.78, 5) is 30.8. The third-order valence-electron chi connectivity index (χ3n) is 7.79. The molecule has 0 aromatic heterocycles. The molecular weight excluding hydrogens is 448 g/mol. The maximum atomic E-state index is 13.4. The summed E-state index contributed by atoms with van der Waals surface area (Å²) in [6.07, 6.45) is 13.7. The molecule has 0 bridgehead atoms. The molecule has 4 rings (SSSR count). The van der Waals surface area contributed by atoms with E-state index in [1.807, 2.05) is 58.3 Å². The maximum absolute atomic E-state index is 13.4. The summed E-state index contributed by atoms with van der Waals surface area (Å²) in [6.45, 7) is 0. The highest BCUT2D eigenvalue weighted by molar-refractivity contribution is 5.95. The molecule has 0 spiro atoms. The Morgan fingerprint density at radius 3 is 1.25 bits per heavy atom. The highest BCUT2D eigenvalue weighted by Crippen LogP contribution is 2.31. The molecule has 0 unspecified atom stereocenters. The molecular formula is C30H42N4O2. The number of carbonyl (C=O) groups is 2. The van der Waals surface area contributed by atoms with Crippen molar-refractivity contribution in [3.8, 4) is 0 Å². The summed E-state index contributed by atoms with van der Waals surface area (Å²) >= 11 is 0. The Morgan fingerprint density at radius 2 is 0.917 bits per heavy atom. The number of hydrogen-bond acceptors (Lipinski definition) is 4. The zero-order valence-corrected chi connectivity index (χ0v) is 21.5. The van der Waals surface area contributed by atoms with Gasteiger partial charge in [0.05, 0.1) is 0 Å². The Morgan fingerprint density at radius 1 is 0.583 bits per heavy atom. The predicted octanol–water partition coefficient (Wildman–Crippen LogP) is 6.44. The van der Waals surface area contributed by atoms with Crippen LogP contribution in [0.5, 0.6) is 0 Å². The molecule has 2 aliphatic rings. The van der Waals surface area contributed by atoms with Crippen LogP contribution in [-0.4, -0.2) is 23.9 Å². The van der Waals surface area contributed by atoms with Crippen molar-refractivity contribution in [2.45, 2.75) is 102 Å². The van der Waals surface area contributed by atoms with Gasteiger partial charge >= 0.3 is 0 Å². The van der Waals surface area contributed by atoms with Crippen molar-refractivity contribution >= 4 is 34.6 Å². The van der Waals surface area contributed by atoms with Crippen molar-refractivity contribution in [1.82, 2.24) is 0 Å². The Labute approximate surface area is 216 Å². The number of nitrogens with zero attached hydrogens (tertiary/aromatic N) is 2. The first kappa shape index (κ1) is 26.1. The lowest BCUT2D eigenvalue weighted by atomic mass is 9.93. The number of unbranched alkanes of at least 4 members (excludes halogenated alkanes) is 1. The third kappa shape index (κ3) is 6.80. The van der Waals surface area contributed by atoms with E-state index in [4.69, 9.17) is 11.5 Å². The highest BCUT2D eigenvalue weighted by Gasteiger charge is 2.28. The fourth-order valence-corrected chi connectivity index (χ4v) is 5.86. The van der Waals surface area contributed by atoms with Crippen LogP contribution in [0.1, 0.15) is 89.9 Å². The average molecular weight is 491 g/mol. The van der Waals surface area contributed by atoms with E-state index in [-0.39, 0.29) is 23.9 Å². The second kappa shape index (κ2) is 12.8. The van der Waals surface area contributed by atoms with Gasteiger partial charge in [0.15, 0.2) is 0 Å². The molecule has 2 saturated carbocycles. The van der Waals surface area contributed by atoms with Crippen LogP contribution in [0.4, 0.5) is 22.7 Å². The summed E-state index contributed by atoms with van der Waals surface area (Å²) in [6, 6.07) is 15.8. The van der Waals surface area contributed by atoms with E-state index in [0.29, 0.717) is 37.1 Å². The second-order valence-corrected chi connectivity index (χ2v) is 10.5. The molecule has 0 radical (unpaired) electrons. The van der Waals surface area contributed by atoms with E-state index >= 15 is 0 Å².